The summed E-state index contributed by atoms with van der Waals surface area (Å²) in [5.74, 6) is 0.309. The number of oxime groups is 1. The smallest absolute Gasteiger partial charge is 0.410 e. The topological polar surface area (TPSA) is 148 Å². The van der Waals surface area contributed by atoms with Crippen LogP contribution in [0.25, 0.3) is 11.1 Å². The molecule has 0 fully saturated rings. The molecule has 36 heavy (non-hydrogen) atoms. The standard InChI is InChI=1S/C26H30N4O5S/c1-2-3-6-16-30(18-19-8-7-9-21(17-19)25(27)29-32)26(31)35-22-14-12-20(13-15-22)23-10-4-5-11-24(23)36(28,33)34/h4-5,7-15,17,32H,2-3,6,16,18H2,1H3,(H2,27,29)(H2,28,33,34). The number of hydrogen-bond donors (Lipinski definition) is 3. The summed E-state index contributed by atoms with van der Waals surface area (Å²) < 4.78 is 29.5. The molecule has 0 aliphatic heterocycles. The van der Waals surface area contributed by atoms with Gasteiger partial charge in [-0.2, -0.15) is 0 Å². The van der Waals surface area contributed by atoms with Gasteiger partial charge in [0, 0.05) is 24.2 Å². The molecule has 0 spiro atoms. The third-order valence-corrected chi connectivity index (χ3v) is 6.53. The van der Waals surface area contributed by atoms with Gasteiger partial charge in [-0.25, -0.2) is 18.4 Å². The van der Waals surface area contributed by atoms with Crippen molar-refractivity contribution < 1.29 is 23.2 Å². The highest BCUT2D eigenvalue weighted by Crippen LogP contribution is 2.28. The number of primary sulfonamides is 1. The second kappa shape index (κ2) is 12.2. The number of rotatable bonds is 10. The molecule has 0 unspecified atom stereocenters. The largest absolute Gasteiger partial charge is 0.415 e. The van der Waals surface area contributed by atoms with Gasteiger partial charge in [0.1, 0.15) is 5.75 Å². The van der Waals surface area contributed by atoms with Gasteiger partial charge < -0.3 is 20.6 Å². The molecular formula is C26H30N4O5S. The molecule has 3 rings (SSSR count). The number of unbranched alkanes of at least 4 members (excludes halogenated alkanes) is 2. The summed E-state index contributed by atoms with van der Waals surface area (Å²) in [6.07, 6.45) is 2.27. The van der Waals surface area contributed by atoms with Crippen LogP contribution in [0.4, 0.5) is 4.79 Å². The molecule has 0 saturated heterocycles. The Bertz CT molecular complexity index is 1320. The van der Waals surface area contributed by atoms with Gasteiger partial charge in [0.15, 0.2) is 5.84 Å². The Morgan fingerprint density at radius 1 is 1.03 bits per heavy atom. The molecule has 3 aromatic rings. The van der Waals surface area contributed by atoms with Gasteiger partial charge in [-0.3, -0.25) is 0 Å². The number of nitrogens with zero attached hydrogens (tertiary/aromatic N) is 2. The average molecular weight is 511 g/mol. The van der Waals surface area contributed by atoms with E-state index < -0.39 is 16.1 Å². The fraction of sp³-hybridized carbons (Fsp3) is 0.231. The van der Waals surface area contributed by atoms with E-state index in [1.54, 1.807) is 65.6 Å². The first kappa shape index (κ1) is 26.7. The first-order valence-electron chi connectivity index (χ1n) is 11.5. The molecule has 5 N–H and O–H groups in total. The SMILES string of the molecule is CCCCCN(Cc1cccc(C(N)=NO)c1)C(=O)Oc1ccc(-c2ccccc2S(N)(=O)=O)cc1. The average Bonchev–Trinajstić information content (AvgIpc) is 2.88. The molecule has 0 heterocycles. The van der Waals surface area contributed by atoms with Crippen molar-refractivity contribution in [2.45, 2.75) is 37.6 Å². The van der Waals surface area contributed by atoms with Crippen molar-refractivity contribution in [1.29, 1.82) is 0 Å². The van der Waals surface area contributed by atoms with Crippen LogP contribution in [0.3, 0.4) is 0 Å². The number of sulfonamides is 1. The Balaban J connectivity index is 1.78. The number of hydrogen-bond acceptors (Lipinski definition) is 6. The zero-order valence-electron chi connectivity index (χ0n) is 20.0. The Morgan fingerprint density at radius 3 is 2.42 bits per heavy atom. The molecule has 0 saturated carbocycles. The van der Waals surface area contributed by atoms with E-state index in [1.807, 2.05) is 6.07 Å². The third-order valence-electron chi connectivity index (χ3n) is 5.56. The lowest BCUT2D eigenvalue weighted by atomic mass is 10.1. The number of carbonyl (C=O) groups is 1. The van der Waals surface area contributed by atoms with Crippen molar-refractivity contribution >= 4 is 22.0 Å². The molecule has 1 amide bonds. The van der Waals surface area contributed by atoms with E-state index in [0.29, 0.717) is 29.0 Å². The molecule has 190 valence electrons. The Morgan fingerprint density at radius 2 is 1.75 bits per heavy atom. The Kier molecular flexibility index (Phi) is 9.04. The number of benzene rings is 3. The summed E-state index contributed by atoms with van der Waals surface area (Å²) in [6.45, 7) is 2.87. The maximum atomic E-state index is 13.0. The molecule has 0 atom stereocenters. The van der Waals surface area contributed by atoms with Crippen molar-refractivity contribution in [3.63, 3.8) is 0 Å². The molecule has 0 aromatic heterocycles. The summed E-state index contributed by atoms with van der Waals surface area (Å²) in [7, 11) is -3.89. The number of nitrogens with two attached hydrogens (primary N) is 2. The fourth-order valence-electron chi connectivity index (χ4n) is 3.72. The van der Waals surface area contributed by atoms with Crippen molar-refractivity contribution in [3.8, 4) is 16.9 Å². The molecule has 0 aliphatic carbocycles. The predicted octanol–water partition coefficient (Wildman–Crippen LogP) is 4.29. The van der Waals surface area contributed by atoms with Crippen molar-refractivity contribution in [3.05, 3.63) is 83.9 Å². The highest BCUT2D eigenvalue weighted by molar-refractivity contribution is 7.89. The Labute approximate surface area is 211 Å². The maximum absolute atomic E-state index is 13.0. The summed E-state index contributed by atoms with van der Waals surface area (Å²) in [4.78, 5) is 14.7. The monoisotopic (exact) mass is 510 g/mol. The zero-order valence-corrected chi connectivity index (χ0v) is 20.8. The number of amides is 1. The molecule has 10 heteroatoms. The maximum Gasteiger partial charge on any atom is 0.415 e. The molecule has 3 aromatic carbocycles. The quantitative estimate of drug-likeness (QED) is 0.122. The zero-order chi connectivity index (χ0) is 26.1. The summed E-state index contributed by atoms with van der Waals surface area (Å²) in [6, 6.07) is 20.1. The minimum atomic E-state index is -3.89. The van der Waals surface area contributed by atoms with Crippen LogP contribution in [0, 0.1) is 0 Å². The lowest BCUT2D eigenvalue weighted by Crippen LogP contribution is -2.34. The van der Waals surface area contributed by atoms with E-state index in [2.05, 4.69) is 12.1 Å². The van der Waals surface area contributed by atoms with Crippen LogP contribution in [-0.4, -0.2) is 37.0 Å². The van der Waals surface area contributed by atoms with Crippen LogP contribution in [-0.2, 0) is 16.6 Å². The minimum Gasteiger partial charge on any atom is -0.410 e. The van der Waals surface area contributed by atoms with Crippen LogP contribution in [0.15, 0.2) is 82.8 Å². The lowest BCUT2D eigenvalue weighted by molar-refractivity contribution is 0.148. The number of amidine groups is 1. The minimum absolute atomic E-state index is 0.0129. The second-order valence-corrected chi connectivity index (χ2v) is 9.78. The third kappa shape index (κ3) is 7.06. The second-order valence-electron chi connectivity index (χ2n) is 8.25. The lowest BCUT2D eigenvalue weighted by Gasteiger charge is -2.22. The van der Waals surface area contributed by atoms with Gasteiger partial charge in [0.25, 0.3) is 0 Å². The first-order valence-corrected chi connectivity index (χ1v) is 13.0. The Hall–Kier alpha value is -3.89. The van der Waals surface area contributed by atoms with Gasteiger partial charge in [0.05, 0.1) is 4.90 Å². The van der Waals surface area contributed by atoms with E-state index in [-0.39, 0.29) is 17.3 Å². The van der Waals surface area contributed by atoms with E-state index in [0.717, 1.165) is 24.8 Å². The van der Waals surface area contributed by atoms with Crippen LogP contribution in [0.5, 0.6) is 5.75 Å². The van der Waals surface area contributed by atoms with Crippen LogP contribution < -0.4 is 15.6 Å². The highest BCUT2D eigenvalue weighted by atomic mass is 32.2. The van der Waals surface area contributed by atoms with Crippen LogP contribution in [0.2, 0.25) is 0 Å². The summed E-state index contributed by atoms with van der Waals surface area (Å²) in [5, 5.41) is 17.3. The van der Waals surface area contributed by atoms with Gasteiger partial charge in [-0.1, -0.05) is 73.5 Å². The van der Waals surface area contributed by atoms with Gasteiger partial charge in [0.2, 0.25) is 10.0 Å². The summed E-state index contributed by atoms with van der Waals surface area (Å²) >= 11 is 0. The van der Waals surface area contributed by atoms with E-state index in [4.69, 9.17) is 20.8 Å². The van der Waals surface area contributed by atoms with Crippen molar-refractivity contribution in [2.24, 2.45) is 16.0 Å². The fourth-order valence-corrected chi connectivity index (χ4v) is 4.48. The molecule has 0 radical (unpaired) electrons. The highest BCUT2D eigenvalue weighted by Gasteiger charge is 2.18. The number of ether oxygens (including phenoxy) is 1. The van der Waals surface area contributed by atoms with E-state index >= 15 is 0 Å². The first-order chi connectivity index (χ1) is 17.2. The molecular weight excluding hydrogens is 480 g/mol. The molecule has 0 aliphatic rings. The van der Waals surface area contributed by atoms with E-state index in [1.165, 1.54) is 6.07 Å². The van der Waals surface area contributed by atoms with Gasteiger partial charge >= 0.3 is 6.09 Å². The van der Waals surface area contributed by atoms with Crippen molar-refractivity contribution in [1.82, 2.24) is 4.90 Å². The van der Waals surface area contributed by atoms with E-state index in [9.17, 15) is 13.2 Å². The number of carbonyl (C=O) groups excluding carboxylic acids is 1. The van der Waals surface area contributed by atoms with Crippen LogP contribution in [0.1, 0.15) is 37.3 Å². The van der Waals surface area contributed by atoms with Gasteiger partial charge in [-0.15, -0.1) is 0 Å². The molecule has 0 bridgehead atoms. The normalized spacial score (nSPS) is 11.8. The van der Waals surface area contributed by atoms with Gasteiger partial charge in [-0.05, 0) is 41.8 Å². The van der Waals surface area contributed by atoms with Crippen molar-refractivity contribution in [2.75, 3.05) is 6.54 Å². The van der Waals surface area contributed by atoms with Crippen LogP contribution >= 0.6 is 0 Å². The predicted molar refractivity (Wildman–Crippen MR) is 138 cm³/mol. The molecule has 9 nitrogen and oxygen atoms in total. The summed E-state index contributed by atoms with van der Waals surface area (Å²) in [5.41, 5.74) is 8.14.